The first-order valence-corrected chi connectivity index (χ1v) is 11.5. The van der Waals surface area contributed by atoms with Crippen LogP contribution >= 0.6 is 0 Å². The zero-order valence-corrected chi connectivity index (χ0v) is 18.5. The summed E-state index contributed by atoms with van der Waals surface area (Å²) in [6.07, 6.45) is 5.83. The third kappa shape index (κ3) is 3.71. The minimum Gasteiger partial charge on any atom is -0.350 e. The summed E-state index contributed by atoms with van der Waals surface area (Å²) >= 11 is 0. The minimum absolute atomic E-state index is 0.224. The largest absolute Gasteiger partial charge is 0.350 e. The number of benzene rings is 2. The van der Waals surface area contributed by atoms with Gasteiger partial charge in [-0.2, -0.15) is 5.10 Å². The molecule has 1 amide bonds. The zero-order valence-electron chi connectivity index (χ0n) is 18.5. The minimum atomic E-state index is -0.395. The van der Waals surface area contributed by atoms with Crippen molar-refractivity contribution in [1.29, 1.82) is 0 Å². The number of fused-ring (bicyclic) bond motifs is 3. The van der Waals surface area contributed by atoms with E-state index < -0.39 is 5.82 Å². The summed E-state index contributed by atoms with van der Waals surface area (Å²) in [7, 11) is 0. The molecule has 0 radical (unpaired) electrons. The molecule has 1 aliphatic rings. The van der Waals surface area contributed by atoms with Crippen LogP contribution in [0.4, 0.5) is 4.39 Å². The fraction of sp³-hybridized carbons (Fsp3) is 0.231. The molecule has 8 heteroatoms. The Labute approximate surface area is 195 Å². The molecule has 5 aromatic rings. The number of hydrogen-bond acceptors (Lipinski definition) is 4. The van der Waals surface area contributed by atoms with Crippen LogP contribution in [-0.4, -0.2) is 36.8 Å². The third-order valence-corrected chi connectivity index (χ3v) is 6.44. The molecule has 3 aromatic heterocycles. The smallest absolute Gasteiger partial charge is 0.272 e. The highest BCUT2D eigenvalue weighted by Crippen LogP contribution is 2.25. The molecule has 1 N–H and O–H groups in total. The van der Waals surface area contributed by atoms with E-state index in [2.05, 4.69) is 38.8 Å². The standard InChI is InChI=1S/C26H23FN6O/c27-20-9-10-22-21(15-20)25(31-33(22)16-17-7-8-18-4-3-5-19(18)14-17)26(34)28-12-11-24-30-29-23-6-1-2-13-32(23)24/h1-2,6-10,13-15H,3-5,11-12,16H2,(H,28,34). The van der Waals surface area contributed by atoms with E-state index in [1.165, 1.54) is 29.7 Å². The fourth-order valence-electron chi connectivity index (χ4n) is 4.77. The van der Waals surface area contributed by atoms with Gasteiger partial charge in [-0.05, 0) is 66.3 Å². The number of carbonyl (C=O) groups is 1. The predicted octanol–water partition coefficient (Wildman–Crippen LogP) is 3.73. The van der Waals surface area contributed by atoms with Crippen LogP contribution < -0.4 is 5.32 Å². The summed E-state index contributed by atoms with van der Waals surface area (Å²) in [5, 5.41) is 16.3. The maximum absolute atomic E-state index is 14.1. The van der Waals surface area contributed by atoms with Crippen molar-refractivity contribution in [1.82, 2.24) is 29.7 Å². The number of hydrogen-bond donors (Lipinski definition) is 1. The van der Waals surface area contributed by atoms with Gasteiger partial charge < -0.3 is 5.32 Å². The van der Waals surface area contributed by atoms with Gasteiger partial charge in [0.25, 0.3) is 5.91 Å². The van der Waals surface area contributed by atoms with Gasteiger partial charge in [0.05, 0.1) is 12.1 Å². The van der Waals surface area contributed by atoms with Gasteiger partial charge in [0, 0.05) is 24.5 Å². The Hall–Kier alpha value is -4.07. The van der Waals surface area contributed by atoms with E-state index in [-0.39, 0.29) is 11.6 Å². The van der Waals surface area contributed by atoms with E-state index in [4.69, 9.17) is 0 Å². The van der Waals surface area contributed by atoms with Crippen LogP contribution in [0, 0.1) is 5.82 Å². The lowest BCUT2D eigenvalue weighted by molar-refractivity contribution is 0.0949. The van der Waals surface area contributed by atoms with Crippen LogP contribution in [0.25, 0.3) is 16.6 Å². The molecule has 0 bridgehead atoms. The van der Waals surface area contributed by atoms with Crippen LogP contribution in [0.1, 0.15) is 39.4 Å². The molecule has 0 fully saturated rings. The molecule has 0 aliphatic heterocycles. The van der Waals surface area contributed by atoms with Gasteiger partial charge in [0.2, 0.25) is 0 Å². The topological polar surface area (TPSA) is 77.1 Å². The number of carbonyl (C=O) groups excluding carboxylic acids is 1. The first-order chi connectivity index (χ1) is 16.7. The summed E-state index contributed by atoms with van der Waals surface area (Å²) in [4.78, 5) is 13.0. The molecule has 0 unspecified atom stereocenters. The van der Waals surface area contributed by atoms with Gasteiger partial charge in [-0.3, -0.25) is 13.9 Å². The molecule has 6 rings (SSSR count). The average Bonchev–Trinajstić information content (AvgIpc) is 3.56. The second-order valence-corrected chi connectivity index (χ2v) is 8.68. The van der Waals surface area contributed by atoms with Crippen LogP contribution in [0.3, 0.4) is 0 Å². The van der Waals surface area contributed by atoms with Crippen molar-refractivity contribution in [3.63, 3.8) is 0 Å². The average molecular weight is 455 g/mol. The molecule has 7 nitrogen and oxygen atoms in total. The molecule has 0 saturated carbocycles. The highest BCUT2D eigenvalue weighted by molar-refractivity contribution is 6.04. The molecule has 1 aliphatic carbocycles. The lowest BCUT2D eigenvalue weighted by atomic mass is 10.1. The van der Waals surface area contributed by atoms with Crippen molar-refractivity contribution in [2.45, 2.75) is 32.2 Å². The van der Waals surface area contributed by atoms with E-state index in [0.29, 0.717) is 24.9 Å². The van der Waals surface area contributed by atoms with E-state index >= 15 is 0 Å². The van der Waals surface area contributed by atoms with Gasteiger partial charge in [-0.25, -0.2) is 4.39 Å². The third-order valence-electron chi connectivity index (χ3n) is 6.44. The van der Waals surface area contributed by atoms with Crippen LogP contribution in [-0.2, 0) is 25.8 Å². The number of pyridine rings is 1. The Morgan fingerprint density at radius 1 is 1.03 bits per heavy atom. The van der Waals surface area contributed by atoms with Crippen LogP contribution in [0.5, 0.6) is 0 Å². The van der Waals surface area contributed by atoms with Crippen molar-refractivity contribution in [3.05, 3.63) is 94.8 Å². The van der Waals surface area contributed by atoms with Gasteiger partial charge in [-0.15, -0.1) is 10.2 Å². The van der Waals surface area contributed by atoms with Crippen molar-refractivity contribution in [3.8, 4) is 0 Å². The number of aryl methyl sites for hydroxylation is 2. The second-order valence-electron chi connectivity index (χ2n) is 8.68. The lowest BCUT2D eigenvalue weighted by Crippen LogP contribution is -2.27. The van der Waals surface area contributed by atoms with Crippen molar-refractivity contribution >= 4 is 22.5 Å². The number of aromatic nitrogens is 5. The maximum atomic E-state index is 14.1. The molecule has 34 heavy (non-hydrogen) atoms. The normalized spacial score (nSPS) is 13.0. The Morgan fingerprint density at radius 3 is 2.88 bits per heavy atom. The highest BCUT2D eigenvalue weighted by Gasteiger charge is 2.19. The number of nitrogens with one attached hydrogen (secondary N) is 1. The highest BCUT2D eigenvalue weighted by atomic mass is 19.1. The first kappa shape index (κ1) is 20.5. The molecule has 2 aromatic carbocycles. The summed E-state index contributed by atoms with van der Waals surface area (Å²) in [6, 6.07) is 16.7. The van der Waals surface area contributed by atoms with Crippen molar-refractivity contribution in [2.24, 2.45) is 0 Å². The SMILES string of the molecule is O=C(NCCc1nnc2ccccn12)c1nn(Cc2ccc3c(c2)CCC3)c2ccc(F)cc12. The number of amides is 1. The maximum Gasteiger partial charge on any atom is 0.272 e. The predicted molar refractivity (Wildman–Crippen MR) is 126 cm³/mol. The fourth-order valence-corrected chi connectivity index (χ4v) is 4.77. The van der Waals surface area contributed by atoms with E-state index in [9.17, 15) is 9.18 Å². The van der Waals surface area contributed by atoms with Gasteiger partial charge in [-0.1, -0.05) is 24.3 Å². The summed E-state index contributed by atoms with van der Waals surface area (Å²) < 4.78 is 17.7. The van der Waals surface area contributed by atoms with E-state index in [1.54, 1.807) is 10.7 Å². The number of rotatable bonds is 6. The summed E-state index contributed by atoms with van der Waals surface area (Å²) in [5.41, 5.74) is 5.64. The van der Waals surface area contributed by atoms with Crippen molar-refractivity contribution < 1.29 is 9.18 Å². The van der Waals surface area contributed by atoms with E-state index in [0.717, 1.165) is 35.4 Å². The molecule has 170 valence electrons. The molecule has 0 atom stereocenters. The molecule has 0 spiro atoms. The summed E-state index contributed by atoms with van der Waals surface area (Å²) in [5.74, 6) is 0.0274. The quantitative estimate of drug-likeness (QED) is 0.424. The molecule has 0 saturated heterocycles. The van der Waals surface area contributed by atoms with Gasteiger partial charge in [0.1, 0.15) is 11.6 Å². The number of nitrogens with zero attached hydrogens (tertiary/aromatic N) is 5. The zero-order chi connectivity index (χ0) is 23.1. The molecular weight excluding hydrogens is 431 g/mol. The van der Waals surface area contributed by atoms with Gasteiger partial charge >= 0.3 is 0 Å². The Morgan fingerprint density at radius 2 is 1.94 bits per heavy atom. The number of halogens is 1. The Kier molecular flexibility index (Phi) is 5.05. The van der Waals surface area contributed by atoms with Crippen molar-refractivity contribution in [2.75, 3.05) is 6.54 Å². The summed E-state index contributed by atoms with van der Waals surface area (Å²) in [6.45, 7) is 0.886. The Bertz CT molecular complexity index is 1540. The second kappa shape index (κ2) is 8.37. The van der Waals surface area contributed by atoms with Crippen LogP contribution in [0.15, 0.2) is 60.8 Å². The monoisotopic (exact) mass is 454 g/mol. The molecular formula is C26H23FN6O. The first-order valence-electron chi connectivity index (χ1n) is 11.5. The van der Waals surface area contributed by atoms with Gasteiger partial charge in [0.15, 0.2) is 11.3 Å². The van der Waals surface area contributed by atoms with Crippen LogP contribution in [0.2, 0.25) is 0 Å². The van der Waals surface area contributed by atoms with E-state index in [1.807, 2.05) is 28.8 Å². The molecule has 3 heterocycles. The lowest BCUT2D eigenvalue weighted by Gasteiger charge is -2.07. The Balaban J connectivity index is 1.24.